The Morgan fingerprint density at radius 1 is 1.32 bits per heavy atom. The van der Waals surface area contributed by atoms with Gasteiger partial charge in [0.25, 0.3) is 0 Å². The highest BCUT2D eigenvalue weighted by Gasteiger charge is 2.33. The number of aromatic nitrogens is 2. The van der Waals surface area contributed by atoms with Crippen molar-refractivity contribution in [1.82, 2.24) is 19.8 Å². The van der Waals surface area contributed by atoms with Gasteiger partial charge < -0.3 is 14.8 Å². The number of rotatable bonds is 4. The molecule has 0 saturated carbocycles. The molecular formula is C19H27ClN4O. The highest BCUT2D eigenvalue weighted by Crippen LogP contribution is 2.30. The van der Waals surface area contributed by atoms with Crippen molar-refractivity contribution < 1.29 is 4.79 Å². The number of hydrogen-bond donors (Lipinski definition) is 1. The molecule has 0 bridgehead atoms. The second-order valence-corrected chi connectivity index (χ2v) is 7.13. The average molecular weight is 363 g/mol. The summed E-state index contributed by atoms with van der Waals surface area (Å²) < 4.78 is 2.00. The number of piperazine rings is 1. The summed E-state index contributed by atoms with van der Waals surface area (Å²) >= 11 is 0. The minimum Gasteiger partial charge on any atom is -0.336 e. The summed E-state index contributed by atoms with van der Waals surface area (Å²) in [5, 5.41) is 3.38. The SMILES string of the molecule is Cl.Cn1ccnc1C1CNCCN1C(=O)CC(C)(C)c1ccccc1. The number of benzene rings is 1. The van der Waals surface area contributed by atoms with Crippen LogP contribution in [-0.4, -0.2) is 40.0 Å². The Hall–Kier alpha value is -1.85. The first-order chi connectivity index (χ1) is 11.5. The minimum absolute atomic E-state index is 0. The Labute approximate surface area is 155 Å². The lowest BCUT2D eigenvalue weighted by Gasteiger charge is -2.38. The standard InChI is InChI=1S/C19H26N4O.ClH/c1-19(2,15-7-5-4-6-8-15)13-17(24)23-12-9-20-14-16(23)18-21-10-11-22(18)3;/h4-8,10-11,16,20H,9,12-14H2,1-3H3;1H. The molecule has 3 rings (SSSR count). The highest BCUT2D eigenvalue weighted by atomic mass is 35.5. The van der Waals surface area contributed by atoms with Crippen molar-refractivity contribution in [2.75, 3.05) is 19.6 Å². The molecule has 1 unspecified atom stereocenters. The predicted molar refractivity (Wildman–Crippen MR) is 102 cm³/mol. The smallest absolute Gasteiger partial charge is 0.224 e. The summed E-state index contributed by atoms with van der Waals surface area (Å²) in [7, 11) is 1.98. The molecule has 1 aliphatic rings. The van der Waals surface area contributed by atoms with Crippen LogP contribution in [0.4, 0.5) is 0 Å². The van der Waals surface area contributed by atoms with Gasteiger partial charge in [-0.3, -0.25) is 4.79 Å². The van der Waals surface area contributed by atoms with Crippen LogP contribution in [0.15, 0.2) is 42.7 Å². The van der Waals surface area contributed by atoms with Crippen molar-refractivity contribution in [2.24, 2.45) is 7.05 Å². The van der Waals surface area contributed by atoms with E-state index in [0.717, 1.165) is 25.5 Å². The van der Waals surface area contributed by atoms with Crippen molar-refractivity contribution in [1.29, 1.82) is 0 Å². The van der Waals surface area contributed by atoms with Crippen molar-refractivity contribution >= 4 is 18.3 Å². The number of aryl methyl sites for hydroxylation is 1. The largest absolute Gasteiger partial charge is 0.336 e. The number of carbonyl (C=O) groups is 1. The van der Waals surface area contributed by atoms with Crippen molar-refractivity contribution in [3.8, 4) is 0 Å². The summed E-state index contributed by atoms with van der Waals surface area (Å²) in [6.45, 7) is 6.58. The molecule has 2 aromatic rings. The zero-order chi connectivity index (χ0) is 17.2. The zero-order valence-electron chi connectivity index (χ0n) is 15.1. The third-order valence-corrected chi connectivity index (χ3v) is 4.87. The maximum atomic E-state index is 13.1. The van der Waals surface area contributed by atoms with Crippen molar-refractivity contribution in [3.05, 3.63) is 54.1 Å². The van der Waals surface area contributed by atoms with E-state index in [4.69, 9.17) is 0 Å². The van der Waals surface area contributed by atoms with E-state index in [-0.39, 0.29) is 29.8 Å². The van der Waals surface area contributed by atoms with Gasteiger partial charge in [-0.1, -0.05) is 44.2 Å². The summed E-state index contributed by atoms with van der Waals surface area (Å²) in [5.41, 5.74) is 1.01. The molecule has 0 radical (unpaired) electrons. The zero-order valence-corrected chi connectivity index (χ0v) is 15.9. The van der Waals surface area contributed by atoms with Crippen LogP contribution in [0, 0.1) is 0 Å². The van der Waals surface area contributed by atoms with Gasteiger partial charge in [0.1, 0.15) is 11.9 Å². The van der Waals surface area contributed by atoms with Crippen LogP contribution < -0.4 is 5.32 Å². The van der Waals surface area contributed by atoms with Gasteiger partial charge in [-0.2, -0.15) is 0 Å². The topological polar surface area (TPSA) is 50.2 Å². The van der Waals surface area contributed by atoms with E-state index in [1.54, 1.807) is 6.20 Å². The van der Waals surface area contributed by atoms with Crippen LogP contribution in [0.2, 0.25) is 0 Å². The Morgan fingerprint density at radius 3 is 2.68 bits per heavy atom. The molecule has 1 fully saturated rings. The van der Waals surface area contributed by atoms with Crippen molar-refractivity contribution in [2.45, 2.75) is 31.7 Å². The van der Waals surface area contributed by atoms with E-state index in [0.29, 0.717) is 6.42 Å². The molecule has 0 aliphatic carbocycles. The van der Waals surface area contributed by atoms with Gasteiger partial charge in [0.2, 0.25) is 5.91 Å². The lowest BCUT2D eigenvalue weighted by Crippen LogP contribution is -2.50. The quantitative estimate of drug-likeness (QED) is 0.909. The summed E-state index contributed by atoms with van der Waals surface area (Å²) in [4.78, 5) is 19.5. The molecule has 1 aromatic heterocycles. The Bertz CT molecular complexity index is 698. The number of amides is 1. The number of imidazole rings is 1. The van der Waals surface area contributed by atoms with Gasteiger partial charge in [0.15, 0.2) is 0 Å². The van der Waals surface area contributed by atoms with Crippen LogP contribution in [0.3, 0.4) is 0 Å². The fourth-order valence-corrected chi connectivity index (χ4v) is 3.40. The molecule has 2 heterocycles. The van der Waals surface area contributed by atoms with Crippen LogP contribution in [0.25, 0.3) is 0 Å². The first-order valence-electron chi connectivity index (χ1n) is 8.52. The molecular weight excluding hydrogens is 336 g/mol. The van der Waals surface area contributed by atoms with Gasteiger partial charge in [-0.15, -0.1) is 12.4 Å². The van der Waals surface area contributed by atoms with Crippen LogP contribution >= 0.6 is 12.4 Å². The number of hydrogen-bond acceptors (Lipinski definition) is 3. The number of nitrogens with zero attached hydrogens (tertiary/aromatic N) is 3. The molecule has 5 nitrogen and oxygen atoms in total. The minimum atomic E-state index is -0.185. The van der Waals surface area contributed by atoms with E-state index >= 15 is 0 Å². The summed E-state index contributed by atoms with van der Waals surface area (Å²) in [6.07, 6.45) is 4.22. The molecule has 0 spiro atoms. The second-order valence-electron chi connectivity index (χ2n) is 7.13. The molecule has 136 valence electrons. The van der Waals surface area contributed by atoms with Gasteiger partial charge in [-0.05, 0) is 11.0 Å². The summed E-state index contributed by atoms with van der Waals surface area (Å²) in [6, 6.07) is 10.3. The first-order valence-corrected chi connectivity index (χ1v) is 8.52. The monoisotopic (exact) mass is 362 g/mol. The number of nitrogens with one attached hydrogen (secondary N) is 1. The van der Waals surface area contributed by atoms with Gasteiger partial charge in [-0.25, -0.2) is 4.98 Å². The molecule has 1 N–H and O–H groups in total. The third kappa shape index (κ3) is 4.22. The first kappa shape index (κ1) is 19.5. The van der Waals surface area contributed by atoms with Gasteiger partial charge in [0.05, 0.1) is 0 Å². The van der Waals surface area contributed by atoms with E-state index in [2.05, 4.69) is 36.3 Å². The molecule has 1 atom stereocenters. The molecule has 1 saturated heterocycles. The van der Waals surface area contributed by atoms with Crippen LogP contribution in [0.5, 0.6) is 0 Å². The van der Waals surface area contributed by atoms with Crippen LogP contribution in [0.1, 0.15) is 37.7 Å². The fourth-order valence-electron chi connectivity index (χ4n) is 3.40. The molecule has 1 amide bonds. The average Bonchev–Trinajstić information content (AvgIpc) is 3.01. The third-order valence-electron chi connectivity index (χ3n) is 4.87. The predicted octanol–water partition coefficient (Wildman–Crippen LogP) is 2.68. The lowest BCUT2D eigenvalue weighted by molar-refractivity contribution is -0.136. The van der Waals surface area contributed by atoms with Crippen molar-refractivity contribution in [3.63, 3.8) is 0 Å². The number of halogens is 1. The Morgan fingerprint density at radius 2 is 2.04 bits per heavy atom. The highest BCUT2D eigenvalue weighted by molar-refractivity contribution is 5.85. The van der Waals surface area contributed by atoms with E-state index in [1.807, 2.05) is 40.9 Å². The maximum absolute atomic E-state index is 13.1. The number of carbonyl (C=O) groups excluding carboxylic acids is 1. The van der Waals surface area contributed by atoms with Gasteiger partial charge >= 0.3 is 0 Å². The Kier molecular flexibility index (Phi) is 6.25. The van der Waals surface area contributed by atoms with E-state index in [1.165, 1.54) is 5.56 Å². The fraction of sp³-hybridized carbons (Fsp3) is 0.474. The Balaban J connectivity index is 0.00000225. The molecule has 6 heteroatoms. The maximum Gasteiger partial charge on any atom is 0.224 e. The lowest BCUT2D eigenvalue weighted by atomic mass is 9.81. The summed E-state index contributed by atoms with van der Waals surface area (Å²) in [5.74, 6) is 1.13. The van der Waals surface area contributed by atoms with Gasteiger partial charge in [0, 0.05) is 45.5 Å². The normalized spacial score (nSPS) is 17.9. The molecule has 25 heavy (non-hydrogen) atoms. The van der Waals surface area contributed by atoms with Crippen LogP contribution in [-0.2, 0) is 17.3 Å². The second kappa shape index (κ2) is 8.02. The molecule has 1 aromatic carbocycles. The van der Waals surface area contributed by atoms with E-state index < -0.39 is 0 Å². The van der Waals surface area contributed by atoms with E-state index in [9.17, 15) is 4.79 Å². The molecule has 1 aliphatic heterocycles.